The number of imide groups is 2. The number of benzene rings is 1. The number of rotatable bonds is 3. The molecule has 5 heteroatoms. The SMILES string of the molecule is CCc1cccc(CC)c1N1C(=O)NC(=O)C(C)(C)C1=O. The zero-order chi connectivity index (χ0) is 15.8. The molecule has 0 bridgehead atoms. The molecule has 112 valence electrons. The van der Waals surface area contributed by atoms with Crippen molar-refractivity contribution >= 4 is 23.5 Å². The molecular weight excluding hydrogens is 268 g/mol. The highest BCUT2D eigenvalue weighted by molar-refractivity contribution is 6.30. The number of nitrogens with zero attached hydrogens (tertiary/aromatic N) is 1. The summed E-state index contributed by atoms with van der Waals surface area (Å²) in [5.41, 5.74) is 1.20. The van der Waals surface area contributed by atoms with Crippen molar-refractivity contribution in [1.29, 1.82) is 0 Å². The average Bonchev–Trinajstić information content (AvgIpc) is 2.45. The molecule has 0 aliphatic carbocycles. The van der Waals surface area contributed by atoms with E-state index in [2.05, 4.69) is 5.32 Å². The van der Waals surface area contributed by atoms with Crippen LogP contribution in [0.2, 0.25) is 0 Å². The second-order valence-corrected chi connectivity index (χ2v) is 5.66. The van der Waals surface area contributed by atoms with Crippen molar-refractivity contribution in [1.82, 2.24) is 5.32 Å². The maximum absolute atomic E-state index is 12.6. The van der Waals surface area contributed by atoms with Gasteiger partial charge in [0.2, 0.25) is 11.8 Å². The number of hydrogen-bond donors (Lipinski definition) is 1. The standard InChI is InChI=1S/C16H20N2O3/c1-5-10-8-7-9-11(6-2)12(10)18-14(20)16(3,4)13(19)17-15(18)21/h7-9H,5-6H2,1-4H3,(H,17,19,21). The van der Waals surface area contributed by atoms with E-state index in [9.17, 15) is 14.4 Å². The number of amides is 4. The minimum Gasteiger partial charge on any atom is -0.276 e. The zero-order valence-electron chi connectivity index (χ0n) is 12.8. The minimum absolute atomic E-state index is 0.480. The molecule has 1 aliphatic rings. The Labute approximate surface area is 124 Å². The van der Waals surface area contributed by atoms with E-state index >= 15 is 0 Å². The summed E-state index contributed by atoms with van der Waals surface area (Å²) in [6, 6.07) is 5.06. The van der Waals surface area contributed by atoms with E-state index in [1.165, 1.54) is 13.8 Å². The highest BCUT2D eigenvalue weighted by Gasteiger charge is 2.48. The van der Waals surface area contributed by atoms with Gasteiger partial charge in [0.25, 0.3) is 0 Å². The fourth-order valence-corrected chi connectivity index (χ4v) is 2.48. The maximum Gasteiger partial charge on any atom is 0.335 e. The van der Waals surface area contributed by atoms with Gasteiger partial charge in [0.1, 0.15) is 5.41 Å². The number of anilines is 1. The van der Waals surface area contributed by atoms with Crippen molar-refractivity contribution in [3.63, 3.8) is 0 Å². The average molecular weight is 288 g/mol. The Hall–Kier alpha value is -2.17. The molecule has 1 aliphatic heterocycles. The molecule has 0 atom stereocenters. The van der Waals surface area contributed by atoms with E-state index in [0.29, 0.717) is 18.5 Å². The Morgan fingerprint density at radius 2 is 1.57 bits per heavy atom. The number of urea groups is 1. The molecule has 1 saturated heterocycles. The molecule has 0 saturated carbocycles. The van der Waals surface area contributed by atoms with Gasteiger partial charge >= 0.3 is 6.03 Å². The molecule has 5 nitrogen and oxygen atoms in total. The summed E-state index contributed by atoms with van der Waals surface area (Å²) in [5.74, 6) is -1.03. The molecule has 0 unspecified atom stereocenters. The van der Waals surface area contributed by atoms with Gasteiger partial charge in [-0.15, -0.1) is 0 Å². The van der Waals surface area contributed by atoms with Crippen LogP contribution in [0.1, 0.15) is 38.8 Å². The fourth-order valence-electron chi connectivity index (χ4n) is 2.48. The lowest BCUT2D eigenvalue weighted by Gasteiger charge is -2.36. The lowest BCUT2D eigenvalue weighted by atomic mass is 9.87. The van der Waals surface area contributed by atoms with Gasteiger partial charge in [-0.05, 0) is 37.8 Å². The largest absolute Gasteiger partial charge is 0.335 e. The quantitative estimate of drug-likeness (QED) is 0.869. The Kier molecular flexibility index (Phi) is 3.85. The van der Waals surface area contributed by atoms with Crippen LogP contribution in [0.15, 0.2) is 18.2 Å². The predicted molar refractivity (Wildman–Crippen MR) is 80.0 cm³/mol. The molecule has 1 aromatic rings. The summed E-state index contributed by atoms with van der Waals surface area (Å²) < 4.78 is 0. The van der Waals surface area contributed by atoms with E-state index in [4.69, 9.17) is 0 Å². The molecule has 2 rings (SSSR count). The van der Waals surface area contributed by atoms with Gasteiger partial charge in [0, 0.05) is 0 Å². The molecule has 21 heavy (non-hydrogen) atoms. The lowest BCUT2D eigenvalue weighted by Crippen LogP contribution is -2.62. The van der Waals surface area contributed by atoms with Gasteiger partial charge < -0.3 is 0 Å². The molecule has 1 fully saturated rings. The zero-order valence-corrected chi connectivity index (χ0v) is 12.8. The highest BCUT2D eigenvalue weighted by atomic mass is 16.2. The normalized spacial score (nSPS) is 17.9. The van der Waals surface area contributed by atoms with Crippen LogP contribution in [0.4, 0.5) is 10.5 Å². The monoisotopic (exact) mass is 288 g/mol. The summed E-state index contributed by atoms with van der Waals surface area (Å²) in [6.45, 7) is 7.01. The Morgan fingerprint density at radius 3 is 2.05 bits per heavy atom. The van der Waals surface area contributed by atoms with Crippen molar-refractivity contribution in [2.45, 2.75) is 40.5 Å². The minimum atomic E-state index is -1.25. The first kappa shape index (κ1) is 15.2. The molecule has 0 radical (unpaired) electrons. The van der Waals surface area contributed by atoms with E-state index in [1.54, 1.807) is 0 Å². The third-order valence-electron chi connectivity index (χ3n) is 3.92. The van der Waals surface area contributed by atoms with E-state index in [0.717, 1.165) is 16.0 Å². The van der Waals surface area contributed by atoms with Gasteiger partial charge in [0.05, 0.1) is 5.69 Å². The van der Waals surface area contributed by atoms with Gasteiger partial charge in [-0.1, -0.05) is 32.0 Å². The Bertz CT molecular complexity index is 598. The predicted octanol–water partition coefficient (Wildman–Crippen LogP) is 2.42. The number of para-hydroxylation sites is 1. The van der Waals surface area contributed by atoms with Gasteiger partial charge in [0.15, 0.2) is 0 Å². The third-order valence-corrected chi connectivity index (χ3v) is 3.92. The number of carbonyl (C=O) groups excluding carboxylic acids is 3. The van der Waals surface area contributed by atoms with Crippen LogP contribution in [-0.2, 0) is 22.4 Å². The smallest absolute Gasteiger partial charge is 0.276 e. The van der Waals surface area contributed by atoms with Crippen molar-refractivity contribution in [2.75, 3.05) is 4.90 Å². The van der Waals surface area contributed by atoms with Crippen LogP contribution in [0.3, 0.4) is 0 Å². The molecule has 1 aromatic carbocycles. The van der Waals surface area contributed by atoms with E-state index < -0.39 is 23.3 Å². The number of carbonyl (C=O) groups is 3. The topological polar surface area (TPSA) is 66.5 Å². The Balaban J connectivity index is 2.62. The van der Waals surface area contributed by atoms with Crippen LogP contribution < -0.4 is 10.2 Å². The number of nitrogens with one attached hydrogen (secondary N) is 1. The van der Waals surface area contributed by atoms with E-state index in [-0.39, 0.29) is 0 Å². The second kappa shape index (κ2) is 5.31. The summed E-state index contributed by atoms with van der Waals surface area (Å²) in [6.07, 6.45) is 1.41. The fraction of sp³-hybridized carbons (Fsp3) is 0.438. The van der Waals surface area contributed by atoms with Gasteiger partial charge in [-0.25, -0.2) is 9.69 Å². The Morgan fingerprint density at radius 1 is 1.05 bits per heavy atom. The lowest BCUT2D eigenvalue weighted by molar-refractivity contribution is -0.140. The van der Waals surface area contributed by atoms with Crippen LogP contribution in [0, 0.1) is 5.41 Å². The van der Waals surface area contributed by atoms with Gasteiger partial charge in [-0.3, -0.25) is 14.9 Å². The first-order valence-electron chi connectivity index (χ1n) is 7.15. The number of hydrogen-bond acceptors (Lipinski definition) is 3. The molecule has 1 N–H and O–H groups in total. The van der Waals surface area contributed by atoms with E-state index in [1.807, 2.05) is 32.0 Å². The summed E-state index contributed by atoms with van der Waals surface area (Å²) in [4.78, 5) is 37.8. The molecule has 0 spiro atoms. The van der Waals surface area contributed by atoms with Crippen LogP contribution in [0.5, 0.6) is 0 Å². The summed E-state index contributed by atoms with van der Waals surface area (Å²) in [7, 11) is 0. The second-order valence-electron chi connectivity index (χ2n) is 5.66. The molecule has 4 amide bonds. The van der Waals surface area contributed by atoms with Crippen molar-refractivity contribution in [3.8, 4) is 0 Å². The van der Waals surface area contributed by atoms with Crippen LogP contribution >= 0.6 is 0 Å². The molecule has 0 aromatic heterocycles. The summed E-state index contributed by atoms with van der Waals surface area (Å²) in [5, 5.41) is 2.28. The molecule has 1 heterocycles. The highest BCUT2D eigenvalue weighted by Crippen LogP contribution is 2.33. The maximum atomic E-state index is 12.6. The van der Waals surface area contributed by atoms with Crippen LogP contribution in [-0.4, -0.2) is 17.8 Å². The summed E-state index contributed by atoms with van der Waals surface area (Å²) >= 11 is 0. The van der Waals surface area contributed by atoms with Crippen molar-refractivity contribution < 1.29 is 14.4 Å². The molecular formula is C16H20N2O3. The third kappa shape index (κ3) is 2.33. The first-order chi connectivity index (χ1) is 9.84. The van der Waals surface area contributed by atoms with Gasteiger partial charge in [-0.2, -0.15) is 0 Å². The van der Waals surface area contributed by atoms with Crippen molar-refractivity contribution in [3.05, 3.63) is 29.3 Å². The number of aryl methyl sites for hydroxylation is 2. The number of barbiturate groups is 1. The van der Waals surface area contributed by atoms with Crippen molar-refractivity contribution in [2.24, 2.45) is 5.41 Å². The van der Waals surface area contributed by atoms with Crippen LogP contribution in [0.25, 0.3) is 0 Å². The first-order valence-corrected chi connectivity index (χ1v) is 7.15.